The van der Waals surface area contributed by atoms with Crippen molar-refractivity contribution in [1.82, 2.24) is 9.36 Å². The Hall–Kier alpha value is -2.24. The fourth-order valence-corrected chi connectivity index (χ4v) is 2.50. The molecule has 21 heavy (non-hydrogen) atoms. The first kappa shape index (κ1) is 15.2. The normalized spacial score (nSPS) is 11.0. The smallest absolute Gasteiger partial charge is 0.268 e. The fraction of sp³-hybridized carbons (Fsp3) is 0.0769. The minimum Gasteiger partial charge on any atom is -0.296 e. The highest BCUT2D eigenvalue weighted by Crippen LogP contribution is 2.18. The van der Waals surface area contributed by atoms with E-state index in [9.17, 15) is 9.18 Å². The first-order valence-electron chi connectivity index (χ1n) is 5.69. The summed E-state index contributed by atoms with van der Waals surface area (Å²) in [6, 6.07) is 7.29. The molecule has 5 nitrogen and oxygen atoms in total. The summed E-state index contributed by atoms with van der Waals surface area (Å²) >= 11 is 2.40. The van der Waals surface area contributed by atoms with Gasteiger partial charge in [-0.05, 0) is 30.0 Å². The second-order valence-corrected chi connectivity index (χ2v) is 5.29. The standard InChI is InChI=1S/C13H9FN4OS2/c1-20-13-17-12(21-18-13)16-11(19)9(7-15)6-8-2-4-10(14)5-3-8/h2-6H,1H3,(H,16,17,18,19)/b9-6-. The van der Waals surface area contributed by atoms with Gasteiger partial charge in [0.05, 0.1) is 0 Å². The van der Waals surface area contributed by atoms with E-state index < -0.39 is 5.91 Å². The zero-order chi connectivity index (χ0) is 15.2. The number of thioether (sulfide) groups is 1. The van der Waals surface area contributed by atoms with Crippen molar-refractivity contribution in [3.05, 3.63) is 41.2 Å². The van der Waals surface area contributed by atoms with Crippen LogP contribution in [0.15, 0.2) is 35.0 Å². The van der Waals surface area contributed by atoms with Gasteiger partial charge in [-0.1, -0.05) is 23.9 Å². The Labute approximate surface area is 128 Å². The lowest BCUT2D eigenvalue weighted by atomic mass is 10.1. The van der Waals surface area contributed by atoms with Crippen molar-refractivity contribution in [2.24, 2.45) is 0 Å². The van der Waals surface area contributed by atoms with Crippen LogP contribution in [0.5, 0.6) is 0 Å². The summed E-state index contributed by atoms with van der Waals surface area (Å²) in [5.74, 6) is -0.959. The molecular formula is C13H9FN4OS2. The van der Waals surface area contributed by atoms with E-state index in [1.807, 2.05) is 12.3 Å². The average molecular weight is 320 g/mol. The van der Waals surface area contributed by atoms with Crippen molar-refractivity contribution in [3.8, 4) is 6.07 Å². The maximum atomic E-state index is 12.8. The molecule has 1 aromatic heterocycles. The third-order valence-electron chi connectivity index (χ3n) is 2.36. The summed E-state index contributed by atoms with van der Waals surface area (Å²) in [6.45, 7) is 0. The number of anilines is 1. The monoisotopic (exact) mass is 320 g/mol. The second-order valence-electron chi connectivity index (χ2n) is 3.76. The predicted octanol–water partition coefficient (Wildman–Crippen LogP) is 2.94. The Morgan fingerprint density at radius 1 is 1.48 bits per heavy atom. The Morgan fingerprint density at radius 2 is 2.19 bits per heavy atom. The summed E-state index contributed by atoms with van der Waals surface area (Å²) in [5.41, 5.74) is 0.465. The van der Waals surface area contributed by atoms with Gasteiger partial charge < -0.3 is 0 Å². The van der Waals surface area contributed by atoms with E-state index in [0.717, 1.165) is 11.5 Å². The van der Waals surface area contributed by atoms with Gasteiger partial charge in [-0.3, -0.25) is 10.1 Å². The highest BCUT2D eigenvalue weighted by atomic mass is 32.2. The van der Waals surface area contributed by atoms with E-state index in [4.69, 9.17) is 5.26 Å². The van der Waals surface area contributed by atoms with Crippen LogP contribution in [-0.2, 0) is 4.79 Å². The lowest BCUT2D eigenvalue weighted by molar-refractivity contribution is -0.112. The van der Waals surface area contributed by atoms with Crippen molar-refractivity contribution < 1.29 is 9.18 Å². The van der Waals surface area contributed by atoms with Gasteiger partial charge in [-0.15, -0.1) is 0 Å². The van der Waals surface area contributed by atoms with E-state index >= 15 is 0 Å². The Bertz CT molecular complexity index is 719. The SMILES string of the molecule is CSc1nsc(NC(=O)/C(C#N)=C\c2ccc(F)cc2)n1. The third-order valence-corrected chi connectivity index (χ3v) is 3.65. The highest BCUT2D eigenvalue weighted by Gasteiger charge is 2.12. The summed E-state index contributed by atoms with van der Waals surface area (Å²) in [6.07, 6.45) is 3.20. The molecule has 0 spiro atoms. The minimum atomic E-state index is -0.578. The van der Waals surface area contributed by atoms with E-state index in [2.05, 4.69) is 14.7 Å². The maximum absolute atomic E-state index is 12.8. The predicted molar refractivity (Wildman–Crippen MR) is 80.3 cm³/mol. The van der Waals surface area contributed by atoms with Crippen LogP contribution in [0.2, 0.25) is 0 Å². The highest BCUT2D eigenvalue weighted by molar-refractivity contribution is 7.98. The molecule has 0 unspecified atom stereocenters. The number of aromatic nitrogens is 2. The van der Waals surface area contributed by atoms with Crippen LogP contribution in [0.1, 0.15) is 5.56 Å². The van der Waals surface area contributed by atoms with Crippen LogP contribution >= 0.6 is 23.3 Å². The summed E-state index contributed by atoms with van der Waals surface area (Å²) in [4.78, 5) is 16.0. The Kier molecular flexibility index (Phi) is 5.03. The van der Waals surface area contributed by atoms with Gasteiger partial charge in [0.25, 0.3) is 5.91 Å². The quantitative estimate of drug-likeness (QED) is 0.532. The van der Waals surface area contributed by atoms with Crippen molar-refractivity contribution >= 4 is 40.4 Å². The number of nitrogens with zero attached hydrogens (tertiary/aromatic N) is 3. The average Bonchev–Trinajstić information content (AvgIpc) is 2.94. The van der Waals surface area contributed by atoms with Gasteiger partial charge in [0.1, 0.15) is 17.5 Å². The molecule has 1 amide bonds. The number of benzene rings is 1. The number of hydrogen-bond donors (Lipinski definition) is 1. The van der Waals surface area contributed by atoms with Crippen LogP contribution in [0.3, 0.4) is 0 Å². The number of carbonyl (C=O) groups is 1. The number of carbonyl (C=O) groups excluding carboxylic acids is 1. The zero-order valence-corrected chi connectivity index (χ0v) is 12.5. The molecule has 1 N–H and O–H groups in total. The third kappa shape index (κ3) is 4.11. The largest absolute Gasteiger partial charge is 0.296 e. The number of amides is 1. The molecule has 0 atom stereocenters. The van der Waals surface area contributed by atoms with Gasteiger partial charge >= 0.3 is 0 Å². The van der Waals surface area contributed by atoms with E-state index in [-0.39, 0.29) is 11.4 Å². The van der Waals surface area contributed by atoms with E-state index in [1.54, 1.807) is 0 Å². The molecule has 0 radical (unpaired) electrons. The van der Waals surface area contributed by atoms with Crippen molar-refractivity contribution in [3.63, 3.8) is 0 Å². The number of nitriles is 1. The molecule has 1 aromatic carbocycles. The summed E-state index contributed by atoms with van der Waals surface area (Å²) in [7, 11) is 0. The van der Waals surface area contributed by atoms with Crippen LogP contribution in [0.25, 0.3) is 6.08 Å². The summed E-state index contributed by atoms with van der Waals surface area (Å²) in [5, 5.41) is 12.4. The van der Waals surface area contributed by atoms with Crippen molar-refractivity contribution in [2.45, 2.75) is 5.16 Å². The number of rotatable bonds is 4. The van der Waals surface area contributed by atoms with Gasteiger partial charge in [-0.25, -0.2) is 4.39 Å². The number of hydrogen-bond acceptors (Lipinski definition) is 6. The lowest BCUT2D eigenvalue weighted by Crippen LogP contribution is -2.13. The molecule has 2 aromatic rings. The van der Waals surface area contributed by atoms with Crippen LogP contribution in [-0.4, -0.2) is 21.5 Å². The van der Waals surface area contributed by atoms with Crippen molar-refractivity contribution in [1.29, 1.82) is 5.26 Å². The van der Waals surface area contributed by atoms with Gasteiger partial charge in [0.15, 0.2) is 0 Å². The molecule has 0 fully saturated rings. The number of halogens is 1. The Morgan fingerprint density at radius 3 is 2.76 bits per heavy atom. The zero-order valence-electron chi connectivity index (χ0n) is 10.8. The first-order valence-corrected chi connectivity index (χ1v) is 7.68. The van der Waals surface area contributed by atoms with Crippen LogP contribution < -0.4 is 5.32 Å². The molecule has 0 saturated heterocycles. The van der Waals surface area contributed by atoms with Gasteiger partial charge in [-0.2, -0.15) is 14.6 Å². The number of nitrogens with one attached hydrogen (secondary N) is 1. The second kappa shape index (κ2) is 6.97. The van der Waals surface area contributed by atoms with Gasteiger partial charge in [0.2, 0.25) is 10.3 Å². The topological polar surface area (TPSA) is 78.7 Å². The Balaban J connectivity index is 2.15. The molecule has 0 bridgehead atoms. The minimum absolute atomic E-state index is 0.0949. The molecule has 0 aliphatic carbocycles. The van der Waals surface area contributed by atoms with E-state index in [0.29, 0.717) is 15.9 Å². The molecule has 2 rings (SSSR count). The first-order chi connectivity index (χ1) is 10.1. The molecule has 106 valence electrons. The fourth-order valence-electron chi connectivity index (χ4n) is 1.38. The molecule has 8 heteroatoms. The molecular weight excluding hydrogens is 311 g/mol. The van der Waals surface area contributed by atoms with Crippen LogP contribution in [0.4, 0.5) is 9.52 Å². The van der Waals surface area contributed by atoms with Crippen LogP contribution in [0, 0.1) is 17.1 Å². The lowest BCUT2D eigenvalue weighted by Gasteiger charge is -1.99. The van der Waals surface area contributed by atoms with Gasteiger partial charge in [0, 0.05) is 11.5 Å². The van der Waals surface area contributed by atoms with E-state index in [1.165, 1.54) is 42.1 Å². The molecule has 1 heterocycles. The summed E-state index contributed by atoms with van der Waals surface area (Å²) < 4.78 is 16.8. The maximum Gasteiger partial charge on any atom is 0.268 e. The molecule has 0 aliphatic heterocycles. The van der Waals surface area contributed by atoms with Crippen molar-refractivity contribution in [2.75, 3.05) is 11.6 Å². The molecule has 0 saturated carbocycles. The molecule has 0 aliphatic rings.